The Bertz CT molecular complexity index is 759. The van der Waals surface area contributed by atoms with Crippen molar-refractivity contribution in [2.45, 2.75) is 45.1 Å². The zero-order valence-corrected chi connectivity index (χ0v) is 15.5. The smallest absolute Gasteiger partial charge is 0.231 e. The molecule has 1 saturated carbocycles. The number of nitrogens with one attached hydrogen (secondary N) is 2. The molecule has 0 spiro atoms. The molecule has 6 heteroatoms. The second-order valence-electron chi connectivity index (χ2n) is 7.50. The van der Waals surface area contributed by atoms with Crippen molar-refractivity contribution < 1.29 is 19.1 Å². The minimum absolute atomic E-state index is 0.00892. The van der Waals surface area contributed by atoms with E-state index in [1.807, 2.05) is 18.2 Å². The van der Waals surface area contributed by atoms with Gasteiger partial charge in [0.05, 0.1) is 11.8 Å². The number of carbonyl (C=O) groups excluding carboxylic acids is 2. The molecule has 6 nitrogen and oxygen atoms in total. The van der Waals surface area contributed by atoms with E-state index in [-0.39, 0.29) is 30.4 Å². The van der Waals surface area contributed by atoms with Gasteiger partial charge in [0.1, 0.15) is 0 Å². The minimum atomic E-state index is -0.201. The van der Waals surface area contributed by atoms with E-state index in [0.717, 1.165) is 30.6 Å². The van der Waals surface area contributed by atoms with Gasteiger partial charge in [-0.3, -0.25) is 9.59 Å². The first-order valence-corrected chi connectivity index (χ1v) is 9.82. The maximum atomic E-state index is 12.3. The molecule has 4 rings (SSSR count). The highest BCUT2D eigenvalue weighted by Gasteiger charge is 2.47. The van der Waals surface area contributed by atoms with Gasteiger partial charge in [0.2, 0.25) is 18.6 Å². The number of fused-ring (bicyclic) bond motifs is 1. The highest BCUT2D eigenvalue weighted by Crippen LogP contribution is 2.39. The van der Waals surface area contributed by atoms with Gasteiger partial charge in [0.15, 0.2) is 11.5 Å². The maximum absolute atomic E-state index is 12.3. The predicted octanol–water partition coefficient (Wildman–Crippen LogP) is 2.67. The molecule has 27 heavy (non-hydrogen) atoms. The van der Waals surface area contributed by atoms with Crippen molar-refractivity contribution in [2.75, 3.05) is 13.3 Å². The highest BCUT2D eigenvalue weighted by molar-refractivity contribution is 5.92. The second-order valence-corrected chi connectivity index (χ2v) is 7.50. The van der Waals surface area contributed by atoms with E-state index in [1.165, 1.54) is 18.4 Å². The summed E-state index contributed by atoms with van der Waals surface area (Å²) in [5.41, 5.74) is 2.41. The average Bonchev–Trinajstić information content (AvgIpc) is 3.37. The first kappa shape index (κ1) is 17.9. The normalized spacial score (nSPS) is 22.7. The van der Waals surface area contributed by atoms with Crippen LogP contribution in [0.3, 0.4) is 0 Å². The van der Waals surface area contributed by atoms with Crippen LogP contribution in [0.5, 0.6) is 11.5 Å². The molecule has 3 aliphatic rings. The van der Waals surface area contributed by atoms with Crippen molar-refractivity contribution in [3.8, 4) is 11.5 Å². The van der Waals surface area contributed by atoms with Gasteiger partial charge in [0.25, 0.3) is 0 Å². The Morgan fingerprint density at radius 1 is 1.04 bits per heavy atom. The molecule has 0 saturated heterocycles. The Hall–Kier alpha value is -2.50. The Balaban J connectivity index is 1.17. The largest absolute Gasteiger partial charge is 0.454 e. The summed E-state index contributed by atoms with van der Waals surface area (Å²) in [5.74, 6) is 1.01. The number of amides is 2. The fourth-order valence-electron chi connectivity index (χ4n) is 3.75. The monoisotopic (exact) mass is 370 g/mol. The van der Waals surface area contributed by atoms with Crippen molar-refractivity contribution in [3.05, 3.63) is 35.4 Å². The van der Waals surface area contributed by atoms with E-state index in [0.29, 0.717) is 25.3 Å². The van der Waals surface area contributed by atoms with Crippen molar-refractivity contribution in [3.63, 3.8) is 0 Å². The van der Waals surface area contributed by atoms with E-state index < -0.39 is 0 Å². The Morgan fingerprint density at radius 3 is 2.67 bits per heavy atom. The first-order chi connectivity index (χ1) is 13.2. The molecule has 1 heterocycles. The summed E-state index contributed by atoms with van der Waals surface area (Å²) < 4.78 is 10.6. The lowest BCUT2D eigenvalue weighted by molar-refractivity contribution is -0.127. The summed E-state index contributed by atoms with van der Waals surface area (Å²) in [6, 6.07) is 5.63. The molecule has 144 valence electrons. The zero-order valence-electron chi connectivity index (χ0n) is 15.5. The molecule has 0 radical (unpaired) electrons. The van der Waals surface area contributed by atoms with Gasteiger partial charge in [-0.2, -0.15) is 0 Å². The molecule has 2 amide bonds. The van der Waals surface area contributed by atoms with Crippen LogP contribution in [0.2, 0.25) is 0 Å². The lowest BCUT2D eigenvalue weighted by Gasteiger charge is -2.13. The number of hydrogen-bond donors (Lipinski definition) is 2. The maximum Gasteiger partial charge on any atom is 0.231 e. The van der Waals surface area contributed by atoms with E-state index >= 15 is 0 Å². The van der Waals surface area contributed by atoms with Gasteiger partial charge in [0, 0.05) is 13.1 Å². The number of ether oxygens (including phenoxy) is 2. The highest BCUT2D eigenvalue weighted by atomic mass is 16.7. The van der Waals surface area contributed by atoms with Crippen LogP contribution < -0.4 is 20.1 Å². The molecular formula is C21H26N2O4. The third-order valence-corrected chi connectivity index (χ3v) is 5.50. The van der Waals surface area contributed by atoms with Crippen LogP contribution >= 0.6 is 0 Å². The Kier molecular flexibility index (Phi) is 5.32. The van der Waals surface area contributed by atoms with Gasteiger partial charge >= 0.3 is 0 Å². The van der Waals surface area contributed by atoms with E-state index in [4.69, 9.17) is 9.47 Å². The molecule has 1 fully saturated rings. The summed E-state index contributed by atoms with van der Waals surface area (Å²) in [6.45, 7) is 1.34. The molecular weight excluding hydrogens is 344 g/mol. The summed E-state index contributed by atoms with van der Waals surface area (Å²) in [4.78, 5) is 24.5. The fraction of sp³-hybridized carbons (Fsp3) is 0.524. The lowest BCUT2D eigenvalue weighted by atomic mass is 9.97. The van der Waals surface area contributed by atoms with Crippen LogP contribution in [-0.4, -0.2) is 25.2 Å². The molecule has 0 bridgehead atoms. The van der Waals surface area contributed by atoms with Crippen LogP contribution in [-0.2, 0) is 16.1 Å². The molecule has 2 N–H and O–H groups in total. The third kappa shape index (κ3) is 4.43. The third-order valence-electron chi connectivity index (χ3n) is 5.50. The molecule has 2 unspecified atom stereocenters. The first-order valence-electron chi connectivity index (χ1n) is 9.82. The number of benzene rings is 1. The van der Waals surface area contributed by atoms with Gasteiger partial charge in [-0.1, -0.05) is 17.7 Å². The molecule has 1 aromatic carbocycles. The Morgan fingerprint density at radius 2 is 1.85 bits per heavy atom. The van der Waals surface area contributed by atoms with Crippen molar-refractivity contribution in [1.29, 1.82) is 0 Å². The van der Waals surface area contributed by atoms with E-state index in [2.05, 4.69) is 16.7 Å². The molecule has 1 aliphatic heterocycles. The van der Waals surface area contributed by atoms with E-state index in [1.54, 1.807) is 0 Å². The quantitative estimate of drug-likeness (QED) is 0.724. The Labute approximate surface area is 159 Å². The fourth-order valence-corrected chi connectivity index (χ4v) is 3.75. The van der Waals surface area contributed by atoms with Crippen LogP contribution in [0.4, 0.5) is 0 Å². The van der Waals surface area contributed by atoms with Gasteiger partial charge in [-0.15, -0.1) is 0 Å². The average molecular weight is 370 g/mol. The number of carbonyl (C=O) groups is 2. The van der Waals surface area contributed by atoms with Crippen molar-refractivity contribution in [2.24, 2.45) is 11.8 Å². The van der Waals surface area contributed by atoms with Crippen LogP contribution in [0.15, 0.2) is 29.8 Å². The number of allylic oxidation sites excluding steroid dienone is 1. The SMILES string of the molecule is O=C(NCCC1=CCCCC1)C1CC1C(=O)NCc1ccc2c(c1)OCO2. The van der Waals surface area contributed by atoms with Crippen molar-refractivity contribution >= 4 is 11.8 Å². The summed E-state index contributed by atoms with van der Waals surface area (Å²) >= 11 is 0. The summed E-state index contributed by atoms with van der Waals surface area (Å²) in [7, 11) is 0. The molecule has 0 aromatic heterocycles. The molecule has 2 atom stereocenters. The second kappa shape index (κ2) is 8.03. The minimum Gasteiger partial charge on any atom is -0.454 e. The van der Waals surface area contributed by atoms with Gasteiger partial charge in [-0.25, -0.2) is 0 Å². The lowest BCUT2D eigenvalue weighted by Crippen LogP contribution is -2.30. The van der Waals surface area contributed by atoms with Crippen LogP contribution in [0.25, 0.3) is 0 Å². The van der Waals surface area contributed by atoms with Gasteiger partial charge < -0.3 is 20.1 Å². The van der Waals surface area contributed by atoms with Crippen molar-refractivity contribution in [1.82, 2.24) is 10.6 Å². The summed E-state index contributed by atoms with van der Waals surface area (Å²) in [5, 5.41) is 5.91. The summed E-state index contributed by atoms with van der Waals surface area (Å²) in [6.07, 6.45) is 8.73. The molecule has 1 aromatic rings. The topological polar surface area (TPSA) is 76.7 Å². The zero-order chi connectivity index (χ0) is 18.6. The van der Waals surface area contributed by atoms with Crippen LogP contribution in [0, 0.1) is 11.8 Å². The standard InChI is InChI=1S/C21H26N2O4/c24-20(22-9-8-14-4-2-1-3-5-14)16-11-17(16)21(25)23-12-15-6-7-18-19(10-15)27-13-26-18/h4,6-7,10,16-17H,1-3,5,8-9,11-13H2,(H,22,24)(H,23,25). The number of hydrogen-bond acceptors (Lipinski definition) is 4. The van der Waals surface area contributed by atoms with Gasteiger partial charge in [-0.05, 0) is 56.2 Å². The molecule has 2 aliphatic carbocycles. The van der Waals surface area contributed by atoms with E-state index in [9.17, 15) is 9.59 Å². The predicted molar refractivity (Wildman–Crippen MR) is 100 cm³/mol. The number of rotatable bonds is 7. The van der Waals surface area contributed by atoms with Crippen LogP contribution in [0.1, 0.15) is 44.1 Å².